The maximum absolute atomic E-state index is 10.5. The molecular weight excluding hydrogens is 304 g/mol. The van der Waals surface area contributed by atoms with Crippen LogP contribution in [0.5, 0.6) is 11.5 Å². The molecular formula is C20H28O4. The van der Waals surface area contributed by atoms with E-state index in [2.05, 4.69) is 6.92 Å². The highest BCUT2D eigenvalue weighted by Gasteiger charge is 2.54. The van der Waals surface area contributed by atoms with Gasteiger partial charge in [0.05, 0.1) is 6.10 Å². The fourth-order valence-electron chi connectivity index (χ4n) is 5.80. The Bertz CT molecular complexity index is 628. The number of phenolic OH excluding ortho intramolecular Hbond substituents is 1. The number of hydrogen-bond donors (Lipinski definition) is 2. The Labute approximate surface area is 143 Å². The molecule has 2 fully saturated rings. The van der Waals surface area contributed by atoms with Crippen LogP contribution >= 0.6 is 0 Å². The quantitative estimate of drug-likeness (QED) is 0.831. The van der Waals surface area contributed by atoms with Crippen LogP contribution in [-0.2, 0) is 11.2 Å². The van der Waals surface area contributed by atoms with Crippen molar-refractivity contribution in [2.45, 2.75) is 57.5 Å². The molecule has 0 radical (unpaired) electrons. The lowest BCUT2D eigenvalue weighted by atomic mass is 9.55. The van der Waals surface area contributed by atoms with Crippen molar-refractivity contribution in [2.75, 3.05) is 13.9 Å². The van der Waals surface area contributed by atoms with Gasteiger partial charge in [-0.2, -0.15) is 0 Å². The number of phenols is 1. The van der Waals surface area contributed by atoms with Gasteiger partial charge in [-0.3, -0.25) is 0 Å². The first-order valence-electron chi connectivity index (χ1n) is 9.20. The number of fused-ring (bicyclic) bond motifs is 5. The predicted molar refractivity (Wildman–Crippen MR) is 91.2 cm³/mol. The van der Waals surface area contributed by atoms with Gasteiger partial charge in [0, 0.05) is 7.11 Å². The number of aliphatic hydroxyl groups excluding tert-OH is 1. The average Bonchev–Trinajstić information content (AvgIpc) is 2.88. The molecule has 4 rings (SSSR count). The van der Waals surface area contributed by atoms with Gasteiger partial charge in [-0.15, -0.1) is 0 Å². The van der Waals surface area contributed by atoms with E-state index in [1.54, 1.807) is 7.11 Å². The summed E-state index contributed by atoms with van der Waals surface area (Å²) < 4.78 is 10.5. The molecule has 0 heterocycles. The first-order chi connectivity index (χ1) is 11.5. The maximum atomic E-state index is 10.5. The molecule has 1 aromatic rings. The highest BCUT2D eigenvalue weighted by molar-refractivity contribution is 5.49. The van der Waals surface area contributed by atoms with Crippen molar-refractivity contribution in [3.63, 3.8) is 0 Å². The zero-order chi connectivity index (χ0) is 16.9. The van der Waals surface area contributed by atoms with Crippen LogP contribution in [-0.4, -0.2) is 30.2 Å². The molecule has 0 aromatic heterocycles. The molecule has 0 saturated heterocycles. The van der Waals surface area contributed by atoms with E-state index in [9.17, 15) is 10.2 Å². The van der Waals surface area contributed by atoms with Crippen molar-refractivity contribution in [2.24, 2.45) is 17.3 Å². The summed E-state index contributed by atoms with van der Waals surface area (Å²) in [6, 6.07) is 3.92. The lowest BCUT2D eigenvalue weighted by molar-refractivity contribution is -0.0227. The number of ether oxygens (including phenoxy) is 2. The van der Waals surface area contributed by atoms with Gasteiger partial charge in [-0.05, 0) is 85.0 Å². The Kier molecular flexibility index (Phi) is 4.00. The number of rotatable bonds is 3. The molecule has 4 nitrogen and oxygen atoms in total. The third-order valence-electron chi connectivity index (χ3n) is 7.09. The Hall–Kier alpha value is -1.26. The Morgan fingerprint density at radius 3 is 2.83 bits per heavy atom. The number of aromatic hydroxyl groups is 1. The van der Waals surface area contributed by atoms with Crippen LogP contribution in [0, 0.1) is 17.3 Å². The molecule has 0 aliphatic heterocycles. The lowest BCUT2D eigenvalue weighted by Crippen LogP contribution is -2.43. The van der Waals surface area contributed by atoms with Crippen molar-refractivity contribution >= 4 is 0 Å². The number of aryl methyl sites for hydroxylation is 1. The van der Waals surface area contributed by atoms with Crippen LogP contribution in [0.15, 0.2) is 12.1 Å². The summed E-state index contributed by atoms with van der Waals surface area (Å²) in [7, 11) is 1.58. The molecule has 0 bridgehead atoms. The molecule has 0 spiro atoms. The number of benzene rings is 1. The zero-order valence-electron chi connectivity index (χ0n) is 14.6. The molecule has 4 heteroatoms. The standard InChI is InChI=1S/C20H28O4/c1-20-8-7-13-14(16(20)5-6-19(20)22)4-3-12-9-17(21)18(10-15(12)13)24-11-23-2/h9-10,13-14,16,19,21-22H,3-8,11H2,1-2H3/t13-,14+,16-,19?,20-/m0/s1. The fourth-order valence-corrected chi connectivity index (χ4v) is 5.80. The number of aliphatic hydroxyl groups is 1. The second-order valence-electron chi connectivity index (χ2n) is 8.12. The Morgan fingerprint density at radius 2 is 2.04 bits per heavy atom. The number of methoxy groups -OCH3 is 1. The molecule has 3 aliphatic rings. The van der Waals surface area contributed by atoms with Gasteiger partial charge < -0.3 is 19.7 Å². The first-order valence-corrected chi connectivity index (χ1v) is 9.20. The Balaban J connectivity index is 1.66. The second kappa shape index (κ2) is 5.92. The highest BCUT2D eigenvalue weighted by atomic mass is 16.7. The van der Waals surface area contributed by atoms with Crippen molar-refractivity contribution in [1.82, 2.24) is 0 Å². The largest absolute Gasteiger partial charge is 0.504 e. The molecule has 0 amide bonds. The lowest BCUT2D eigenvalue weighted by Gasteiger charge is -2.50. The summed E-state index contributed by atoms with van der Waals surface area (Å²) in [5, 5.41) is 20.7. The monoisotopic (exact) mass is 332 g/mol. The van der Waals surface area contributed by atoms with E-state index in [1.807, 2.05) is 12.1 Å². The van der Waals surface area contributed by atoms with Gasteiger partial charge >= 0.3 is 0 Å². The molecule has 24 heavy (non-hydrogen) atoms. The van der Waals surface area contributed by atoms with E-state index in [1.165, 1.54) is 17.5 Å². The van der Waals surface area contributed by atoms with Crippen LogP contribution in [0.25, 0.3) is 0 Å². The van der Waals surface area contributed by atoms with Gasteiger partial charge in [-0.25, -0.2) is 0 Å². The highest BCUT2D eigenvalue weighted by Crippen LogP contribution is 2.61. The minimum absolute atomic E-state index is 0.102. The molecule has 3 aliphatic carbocycles. The smallest absolute Gasteiger partial charge is 0.188 e. The first kappa shape index (κ1) is 16.2. The van der Waals surface area contributed by atoms with Crippen molar-refractivity contribution in [3.05, 3.63) is 23.3 Å². The van der Waals surface area contributed by atoms with Crippen LogP contribution < -0.4 is 4.74 Å². The molecule has 5 atom stereocenters. The van der Waals surface area contributed by atoms with Crippen molar-refractivity contribution < 1.29 is 19.7 Å². The minimum Gasteiger partial charge on any atom is -0.504 e. The molecule has 1 aromatic carbocycles. The van der Waals surface area contributed by atoms with E-state index in [-0.39, 0.29) is 24.1 Å². The van der Waals surface area contributed by atoms with E-state index in [0.717, 1.165) is 32.1 Å². The number of hydrogen-bond acceptors (Lipinski definition) is 4. The molecule has 132 valence electrons. The average molecular weight is 332 g/mol. The summed E-state index contributed by atoms with van der Waals surface area (Å²) in [5.74, 6) is 2.53. The van der Waals surface area contributed by atoms with Gasteiger partial charge in [0.15, 0.2) is 18.3 Å². The second-order valence-corrected chi connectivity index (χ2v) is 8.12. The fraction of sp³-hybridized carbons (Fsp3) is 0.700. The molecule has 2 N–H and O–H groups in total. The van der Waals surface area contributed by atoms with Gasteiger partial charge in [-0.1, -0.05) is 6.92 Å². The maximum Gasteiger partial charge on any atom is 0.188 e. The third kappa shape index (κ3) is 2.34. The van der Waals surface area contributed by atoms with E-state index < -0.39 is 0 Å². The van der Waals surface area contributed by atoms with E-state index >= 15 is 0 Å². The normalized spacial score (nSPS) is 37.5. The predicted octanol–water partition coefficient (Wildman–Crippen LogP) is 3.59. The zero-order valence-corrected chi connectivity index (χ0v) is 14.6. The van der Waals surface area contributed by atoms with E-state index in [4.69, 9.17) is 9.47 Å². The van der Waals surface area contributed by atoms with Crippen LogP contribution in [0.2, 0.25) is 0 Å². The van der Waals surface area contributed by atoms with Crippen molar-refractivity contribution in [1.29, 1.82) is 0 Å². The van der Waals surface area contributed by atoms with Crippen LogP contribution in [0.4, 0.5) is 0 Å². The van der Waals surface area contributed by atoms with Gasteiger partial charge in [0.1, 0.15) is 0 Å². The molecule has 1 unspecified atom stereocenters. The molecule has 2 saturated carbocycles. The van der Waals surface area contributed by atoms with Crippen LogP contribution in [0.1, 0.15) is 56.1 Å². The third-order valence-corrected chi connectivity index (χ3v) is 7.09. The van der Waals surface area contributed by atoms with E-state index in [0.29, 0.717) is 23.5 Å². The van der Waals surface area contributed by atoms with Gasteiger partial charge in [0.25, 0.3) is 0 Å². The summed E-state index contributed by atoms with van der Waals surface area (Å²) >= 11 is 0. The van der Waals surface area contributed by atoms with Crippen molar-refractivity contribution in [3.8, 4) is 11.5 Å². The minimum atomic E-state index is -0.134. The summed E-state index contributed by atoms with van der Waals surface area (Å²) in [5.41, 5.74) is 2.71. The van der Waals surface area contributed by atoms with Crippen LogP contribution in [0.3, 0.4) is 0 Å². The summed E-state index contributed by atoms with van der Waals surface area (Å²) in [6.45, 7) is 2.44. The Morgan fingerprint density at radius 1 is 1.21 bits per heavy atom. The summed E-state index contributed by atoms with van der Waals surface area (Å²) in [4.78, 5) is 0. The summed E-state index contributed by atoms with van der Waals surface area (Å²) in [6.07, 6.45) is 6.36. The topological polar surface area (TPSA) is 58.9 Å². The van der Waals surface area contributed by atoms with Gasteiger partial charge in [0.2, 0.25) is 0 Å². The SMILES string of the molecule is COCOc1cc2c(cc1O)CC[C@@H]1[C@@H]2CC[C@]2(C)C(O)CC[C@@H]12.